The van der Waals surface area contributed by atoms with Crippen LogP contribution in [0.1, 0.15) is 65.7 Å². The number of fused-ring (bicyclic) bond motifs is 5. The minimum Gasteiger partial charge on any atom is -0.390 e. The van der Waals surface area contributed by atoms with E-state index in [9.17, 15) is 9.90 Å². The lowest BCUT2D eigenvalue weighted by Crippen LogP contribution is -2.55. The first kappa shape index (κ1) is 16.1. The van der Waals surface area contributed by atoms with Gasteiger partial charge in [0.1, 0.15) is 5.78 Å². The van der Waals surface area contributed by atoms with Crippen molar-refractivity contribution < 1.29 is 14.6 Å². The van der Waals surface area contributed by atoms with Gasteiger partial charge < -0.3 is 9.84 Å². The molecule has 3 aliphatic carbocycles. The van der Waals surface area contributed by atoms with E-state index in [1.54, 1.807) is 6.92 Å². The van der Waals surface area contributed by atoms with Crippen molar-refractivity contribution in [2.24, 2.45) is 35.0 Å². The summed E-state index contributed by atoms with van der Waals surface area (Å²) in [6, 6.07) is 0. The van der Waals surface area contributed by atoms with Gasteiger partial charge in [-0.15, -0.1) is 0 Å². The molecule has 4 rings (SSSR count). The zero-order chi connectivity index (χ0) is 16.4. The van der Waals surface area contributed by atoms with Crippen LogP contribution in [-0.2, 0) is 9.53 Å². The van der Waals surface area contributed by atoms with Crippen molar-refractivity contribution in [3.63, 3.8) is 0 Å². The summed E-state index contributed by atoms with van der Waals surface area (Å²) in [5.41, 5.74) is -0.326. The van der Waals surface area contributed by atoms with Gasteiger partial charge in [-0.2, -0.15) is 0 Å². The fraction of sp³-hybridized carbons (Fsp3) is 0.950. The maximum atomic E-state index is 12.1. The average Bonchev–Trinajstić information content (AvgIpc) is 2.83. The highest BCUT2D eigenvalue weighted by Crippen LogP contribution is 2.62. The molecule has 3 heteroatoms. The number of ketones is 1. The van der Waals surface area contributed by atoms with Gasteiger partial charge in [0.15, 0.2) is 0 Å². The maximum absolute atomic E-state index is 12.1. The van der Waals surface area contributed by atoms with E-state index in [0.717, 1.165) is 38.2 Å². The molecule has 0 unspecified atom stereocenters. The van der Waals surface area contributed by atoms with Gasteiger partial charge in [-0.05, 0) is 81.5 Å². The Hall–Kier alpha value is -0.410. The van der Waals surface area contributed by atoms with E-state index in [-0.39, 0.29) is 17.4 Å². The van der Waals surface area contributed by atoms with Crippen LogP contribution in [0.4, 0.5) is 0 Å². The molecular weight excluding hydrogens is 288 g/mol. The van der Waals surface area contributed by atoms with Crippen LogP contribution in [0.25, 0.3) is 0 Å². The quantitative estimate of drug-likeness (QED) is 0.803. The van der Waals surface area contributed by atoms with Gasteiger partial charge in [0.2, 0.25) is 0 Å². The Bertz CT molecular complexity index is 499. The molecule has 3 saturated carbocycles. The monoisotopic (exact) mass is 320 g/mol. The Morgan fingerprint density at radius 1 is 1.04 bits per heavy atom. The topological polar surface area (TPSA) is 46.5 Å². The van der Waals surface area contributed by atoms with Crippen LogP contribution >= 0.6 is 0 Å². The normalized spacial score (nSPS) is 55.7. The molecule has 23 heavy (non-hydrogen) atoms. The summed E-state index contributed by atoms with van der Waals surface area (Å²) >= 11 is 0. The number of Topliss-reactive ketones (excluding diaryl/α,β-unsaturated/α-hetero) is 1. The van der Waals surface area contributed by atoms with Crippen molar-refractivity contribution in [2.75, 3.05) is 6.61 Å². The predicted molar refractivity (Wildman–Crippen MR) is 88.9 cm³/mol. The molecule has 1 saturated heterocycles. The Morgan fingerprint density at radius 3 is 2.52 bits per heavy atom. The van der Waals surface area contributed by atoms with Crippen molar-refractivity contribution in [1.29, 1.82) is 0 Å². The minimum atomic E-state index is -0.537. The highest BCUT2D eigenvalue weighted by molar-refractivity contribution is 5.79. The van der Waals surface area contributed by atoms with E-state index in [1.807, 2.05) is 6.92 Å². The van der Waals surface area contributed by atoms with Gasteiger partial charge in [-0.1, -0.05) is 6.92 Å². The largest absolute Gasteiger partial charge is 0.390 e. The summed E-state index contributed by atoms with van der Waals surface area (Å²) in [6.45, 7) is 6.99. The second-order valence-corrected chi connectivity index (χ2v) is 9.49. The first-order valence-corrected chi connectivity index (χ1v) is 9.66. The molecule has 0 aromatic heterocycles. The molecule has 4 aliphatic rings. The maximum Gasteiger partial charge on any atom is 0.133 e. The number of hydrogen-bond donors (Lipinski definition) is 1. The molecule has 0 aromatic rings. The minimum absolute atomic E-state index is 0.212. The van der Waals surface area contributed by atoms with Crippen LogP contribution in [0.3, 0.4) is 0 Å². The van der Waals surface area contributed by atoms with Crippen LogP contribution in [-0.4, -0.2) is 29.2 Å². The lowest BCUT2D eigenvalue weighted by molar-refractivity contribution is -0.183. The van der Waals surface area contributed by atoms with Gasteiger partial charge in [0.25, 0.3) is 0 Å². The Balaban J connectivity index is 1.56. The third-order valence-corrected chi connectivity index (χ3v) is 8.17. The van der Waals surface area contributed by atoms with E-state index < -0.39 is 5.60 Å². The molecule has 8 atom stereocenters. The highest BCUT2D eigenvalue weighted by Gasteiger charge is 2.58. The summed E-state index contributed by atoms with van der Waals surface area (Å²) in [4.78, 5) is 12.1. The second kappa shape index (κ2) is 5.29. The molecule has 1 N–H and O–H groups in total. The molecule has 1 heterocycles. The number of ether oxygens (including phenoxy) is 1. The SMILES string of the molecule is CC(=O)[C@H]1CC[C@H]2[C@@H]3CO[C@H]4C[C@](C)(O)CC[C@@H]4[C@H]3CC[C@]12C. The molecule has 0 amide bonds. The van der Waals surface area contributed by atoms with E-state index in [0.29, 0.717) is 23.5 Å². The van der Waals surface area contributed by atoms with Crippen LogP contribution in [0.2, 0.25) is 0 Å². The number of carbonyl (C=O) groups excluding carboxylic acids is 1. The fourth-order valence-corrected chi connectivity index (χ4v) is 7.01. The van der Waals surface area contributed by atoms with E-state index in [2.05, 4.69) is 6.92 Å². The summed E-state index contributed by atoms with van der Waals surface area (Å²) in [5, 5.41) is 10.4. The van der Waals surface area contributed by atoms with Crippen LogP contribution in [0.5, 0.6) is 0 Å². The molecule has 130 valence electrons. The zero-order valence-electron chi connectivity index (χ0n) is 14.9. The molecular formula is C20H32O3. The predicted octanol–water partition coefficient (Wildman–Crippen LogP) is 3.58. The van der Waals surface area contributed by atoms with Crippen molar-refractivity contribution in [1.82, 2.24) is 0 Å². The molecule has 4 fully saturated rings. The van der Waals surface area contributed by atoms with Crippen LogP contribution in [0, 0.1) is 35.0 Å². The van der Waals surface area contributed by atoms with Crippen LogP contribution in [0.15, 0.2) is 0 Å². The number of aliphatic hydroxyl groups is 1. The van der Waals surface area contributed by atoms with E-state index >= 15 is 0 Å². The zero-order valence-corrected chi connectivity index (χ0v) is 14.9. The van der Waals surface area contributed by atoms with Crippen molar-refractivity contribution in [3.8, 4) is 0 Å². The van der Waals surface area contributed by atoms with Crippen LogP contribution < -0.4 is 0 Å². The van der Waals surface area contributed by atoms with Gasteiger partial charge in [0.05, 0.1) is 18.3 Å². The molecule has 3 nitrogen and oxygen atoms in total. The standard InChI is InChI=1S/C20H32O3/c1-12(21)16-4-5-17-15-11-23-18-10-19(2,22)8-6-14(18)13(15)7-9-20(16,17)3/h13-18,22H,4-11H2,1-3H3/t13-,14-,15-,16-,17+,18+,19-,20-/m1/s1. The number of hydrogen-bond acceptors (Lipinski definition) is 3. The molecule has 1 aliphatic heterocycles. The summed E-state index contributed by atoms with van der Waals surface area (Å²) in [5.74, 6) is 3.37. The van der Waals surface area contributed by atoms with E-state index in [4.69, 9.17) is 4.74 Å². The third kappa shape index (κ3) is 2.41. The summed E-state index contributed by atoms with van der Waals surface area (Å²) in [6.07, 6.45) is 7.85. The number of rotatable bonds is 1. The smallest absolute Gasteiger partial charge is 0.133 e. The van der Waals surface area contributed by atoms with Gasteiger partial charge in [-0.25, -0.2) is 0 Å². The van der Waals surface area contributed by atoms with Crippen molar-refractivity contribution in [2.45, 2.75) is 77.4 Å². The first-order valence-electron chi connectivity index (χ1n) is 9.66. The molecule has 0 spiro atoms. The van der Waals surface area contributed by atoms with Crippen molar-refractivity contribution >= 4 is 5.78 Å². The highest BCUT2D eigenvalue weighted by atomic mass is 16.5. The fourth-order valence-electron chi connectivity index (χ4n) is 7.01. The Kier molecular flexibility index (Phi) is 3.70. The number of carbonyl (C=O) groups is 1. The second-order valence-electron chi connectivity index (χ2n) is 9.49. The molecule has 0 aromatic carbocycles. The molecule has 0 radical (unpaired) electrons. The molecule has 0 bridgehead atoms. The lowest BCUT2D eigenvalue weighted by atomic mass is 9.53. The Morgan fingerprint density at radius 2 is 1.78 bits per heavy atom. The third-order valence-electron chi connectivity index (χ3n) is 8.17. The summed E-state index contributed by atoms with van der Waals surface area (Å²) < 4.78 is 6.29. The van der Waals surface area contributed by atoms with Gasteiger partial charge in [-0.3, -0.25) is 4.79 Å². The first-order chi connectivity index (χ1) is 10.8. The lowest BCUT2D eigenvalue weighted by Gasteiger charge is -2.56. The van der Waals surface area contributed by atoms with Crippen molar-refractivity contribution in [3.05, 3.63) is 0 Å². The van der Waals surface area contributed by atoms with Gasteiger partial charge in [0, 0.05) is 12.3 Å². The average molecular weight is 320 g/mol. The Labute approximate surface area is 140 Å². The van der Waals surface area contributed by atoms with E-state index in [1.165, 1.54) is 19.3 Å². The summed E-state index contributed by atoms with van der Waals surface area (Å²) in [7, 11) is 0. The van der Waals surface area contributed by atoms with Gasteiger partial charge >= 0.3 is 0 Å².